The summed E-state index contributed by atoms with van der Waals surface area (Å²) in [4.78, 5) is 28.5. The quantitative estimate of drug-likeness (QED) is 0.123. The lowest BCUT2D eigenvalue weighted by Gasteiger charge is -2.16. The van der Waals surface area contributed by atoms with Crippen LogP contribution in [0, 0.1) is 0 Å². The molecule has 1 fully saturated rings. The van der Waals surface area contributed by atoms with Gasteiger partial charge in [0.1, 0.15) is 10.6 Å². The zero-order chi connectivity index (χ0) is 28.6. The molecule has 2 heterocycles. The molecule has 10 heteroatoms. The molecule has 0 saturated carbocycles. The van der Waals surface area contributed by atoms with Crippen molar-refractivity contribution in [2.75, 3.05) is 43.3 Å². The van der Waals surface area contributed by atoms with Crippen LogP contribution in [0.3, 0.4) is 0 Å². The van der Waals surface area contributed by atoms with E-state index in [9.17, 15) is 9.59 Å². The number of ether oxygens (including phenoxy) is 1. The maximum Gasteiger partial charge on any atom is 0.262 e. The number of hydrogen-bond acceptors (Lipinski definition) is 7. The van der Waals surface area contributed by atoms with E-state index >= 15 is 0 Å². The average molecular weight is 607 g/mol. The van der Waals surface area contributed by atoms with Gasteiger partial charge in [0.05, 0.1) is 17.0 Å². The molecule has 0 atom stereocenters. The first-order valence-corrected chi connectivity index (χ1v) is 15.4. The van der Waals surface area contributed by atoms with Gasteiger partial charge in [-0.3, -0.25) is 9.59 Å². The molecule has 2 amide bonds. The highest BCUT2D eigenvalue weighted by Crippen LogP contribution is 2.35. The van der Waals surface area contributed by atoms with Crippen LogP contribution < -0.4 is 20.1 Å². The van der Waals surface area contributed by atoms with E-state index in [1.165, 1.54) is 23.3 Å². The number of nitrogens with zero attached hydrogens (tertiary/aromatic N) is 1. The number of anilines is 2. The van der Waals surface area contributed by atoms with E-state index < -0.39 is 0 Å². The second-order valence-electron chi connectivity index (χ2n) is 9.51. The summed E-state index contributed by atoms with van der Waals surface area (Å²) in [7, 11) is 1.66. The number of likely N-dealkylation sites (tertiary alicyclic amines) is 1. The molecule has 0 spiro atoms. The number of nitrogens with one attached hydrogen (secondary N) is 3. The van der Waals surface area contributed by atoms with Crippen LogP contribution in [0.25, 0.3) is 11.1 Å². The fraction of sp³-hybridized carbons (Fsp3) is 0.226. The standard InChI is InChI=1S/C31H31ClN4O3S2/c1-39-27-11-10-22(21-6-4-7-23(18-21)31(38)36-15-2-3-16-36)19-28(27)41-35-25-9-5-8-24(20-25)33-13-14-34-30(37)29-26(32)12-17-40-29/h4-12,17-20,33,35H,2-3,13-16H2,1H3,(H,34,37). The van der Waals surface area contributed by atoms with E-state index in [4.69, 9.17) is 16.3 Å². The van der Waals surface area contributed by atoms with Crippen molar-refractivity contribution >= 4 is 58.1 Å². The maximum atomic E-state index is 12.9. The lowest BCUT2D eigenvalue weighted by molar-refractivity contribution is 0.0792. The zero-order valence-corrected chi connectivity index (χ0v) is 25.0. The van der Waals surface area contributed by atoms with Crippen LogP contribution in [0.4, 0.5) is 11.4 Å². The van der Waals surface area contributed by atoms with E-state index in [1.807, 2.05) is 65.6 Å². The minimum atomic E-state index is -0.167. The van der Waals surface area contributed by atoms with Gasteiger partial charge in [-0.15, -0.1) is 11.3 Å². The molecule has 0 unspecified atom stereocenters. The number of benzene rings is 3. The molecular formula is C31H31ClN4O3S2. The van der Waals surface area contributed by atoms with Gasteiger partial charge in [0.2, 0.25) is 0 Å². The summed E-state index contributed by atoms with van der Waals surface area (Å²) in [5.74, 6) is 0.683. The number of hydrogen-bond donors (Lipinski definition) is 3. The Hall–Kier alpha value is -3.66. The molecule has 41 heavy (non-hydrogen) atoms. The predicted octanol–water partition coefficient (Wildman–Crippen LogP) is 7.27. The minimum Gasteiger partial charge on any atom is -0.496 e. The first kappa shape index (κ1) is 28.9. The third-order valence-electron chi connectivity index (χ3n) is 6.70. The molecule has 5 rings (SSSR count). The summed E-state index contributed by atoms with van der Waals surface area (Å²) >= 11 is 8.82. The molecule has 3 N–H and O–H groups in total. The lowest BCUT2D eigenvalue weighted by atomic mass is 10.0. The fourth-order valence-electron chi connectivity index (χ4n) is 4.60. The van der Waals surface area contributed by atoms with E-state index in [0.717, 1.165) is 59.1 Å². The van der Waals surface area contributed by atoms with Gasteiger partial charge in [0.25, 0.3) is 11.8 Å². The summed E-state index contributed by atoms with van der Waals surface area (Å²) in [5.41, 5.74) is 4.55. The van der Waals surface area contributed by atoms with Crippen LogP contribution in [0.5, 0.6) is 5.75 Å². The van der Waals surface area contributed by atoms with Crippen molar-refractivity contribution in [3.8, 4) is 16.9 Å². The summed E-state index contributed by atoms with van der Waals surface area (Å²) in [6, 6.07) is 23.5. The topological polar surface area (TPSA) is 82.7 Å². The van der Waals surface area contributed by atoms with Crippen molar-refractivity contribution in [3.63, 3.8) is 0 Å². The number of methoxy groups -OCH3 is 1. The SMILES string of the molecule is COc1ccc(-c2cccc(C(=O)N3CCCC3)c2)cc1SNc1cccc(NCCNC(=O)c2sccc2Cl)c1. The van der Waals surface area contributed by atoms with Crippen molar-refractivity contribution in [2.45, 2.75) is 17.7 Å². The highest BCUT2D eigenvalue weighted by atomic mass is 35.5. The number of rotatable bonds is 11. The summed E-state index contributed by atoms with van der Waals surface area (Å²) in [5, 5.41) is 8.49. The summed E-state index contributed by atoms with van der Waals surface area (Å²) in [6.45, 7) is 2.70. The van der Waals surface area contributed by atoms with Crippen LogP contribution >= 0.6 is 34.9 Å². The van der Waals surface area contributed by atoms with Gasteiger partial charge in [0, 0.05) is 43.1 Å². The molecule has 3 aromatic carbocycles. The van der Waals surface area contributed by atoms with Crippen molar-refractivity contribution < 1.29 is 14.3 Å². The molecule has 212 valence electrons. The van der Waals surface area contributed by atoms with Gasteiger partial charge >= 0.3 is 0 Å². The lowest BCUT2D eigenvalue weighted by Crippen LogP contribution is -2.28. The Morgan fingerprint density at radius 2 is 1.73 bits per heavy atom. The molecule has 1 aliphatic heterocycles. The Bertz CT molecular complexity index is 1520. The Kier molecular flexibility index (Phi) is 9.71. The van der Waals surface area contributed by atoms with Gasteiger partial charge in [-0.1, -0.05) is 35.9 Å². The van der Waals surface area contributed by atoms with E-state index in [0.29, 0.717) is 28.6 Å². The zero-order valence-electron chi connectivity index (χ0n) is 22.6. The molecule has 0 aliphatic carbocycles. The van der Waals surface area contributed by atoms with Crippen molar-refractivity contribution in [2.24, 2.45) is 0 Å². The molecule has 1 aliphatic rings. The number of carbonyl (C=O) groups is 2. The highest BCUT2D eigenvalue weighted by Gasteiger charge is 2.20. The Labute approximate surface area is 253 Å². The fourth-order valence-corrected chi connectivity index (χ4v) is 6.45. The normalized spacial score (nSPS) is 12.7. The Morgan fingerprint density at radius 1 is 0.951 bits per heavy atom. The Morgan fingerprint density at radius 3 is 2.51 bits per heavy atom. The van der Waals surface area contributed by atoms with E-state index in [1.54, 1.807) is 18.6 Å². The molecule has 0 bridgehead atoms. The third-order valence-corrected chi connectivity index (χ3v) is 8.92. The average Bonchev–Trinajstić information content (AvgIpc) is 3.70. The first-order chi connectivity index (χ1) is 20.0. The highest BCUT2D eigenvalue weighted by molar-refractivity contribution is 8.00. The van der Waals surface area contributed by atoms with Gasteiger partial charge in [-0.25, -0.2) is 0 Å². The monoisotopic (exact) mass is 606 g/mol. The molecule has 1 saturated heterocycles. The molecule has 7 nitrogen and oxygen atoms in total. The predicted molar refractivity (Wildman–Crippen MR) is 170 cm³/mol. The Balaban J connectivity index is 1.20. The molecule has 0 radical (unpaired) electrons. The van der Waals surface area contributed by atoms with Gasteiger partial charge in [-0.05, 0) is 89.8 Å². The largest absolute Gasteiger partial charge is 0.496 e. The van der Waals surface area contributed by atoms with Crippen LogP contribution in [0.1, 0.15) is 32.9 Å². The van der Waals surface area contributed by atoms with E-state index in [2.05, 4.69) is 21.4 Å². The van der Waals surface area contributed by atoms with Crippen molar-refractivity contribution in [1.29, 1.82) is 0 Å². The van der Waals surface area contributed by atoms with Gasteiger partial charge < -0.3 is 25.0 Å². The third kappa shape index (κ3) is 7.35. The van der Waals surface area contributed by atoms with Crippen molar-refractivity contribution in [1.82, 2.24) is 10.2 Å². The minimum absolute atomic E-state index is 0.0944. The van der Waals surface area contributed by atoms with Crippen LogP contribution in [0.2, 0.25) is 5.02 Å². The number of halogens is 1. The van der Waals surface area contributed by atoms with Crippen LogP contribution in [-0.2, 0) is 0 Å². The second kappa shape index (κ2) is 13.8. The summed E-state index contributed by atoms with van der Waals surface area (Å²) in [6.07, 6.45) is 2.14. The first-order valence-electron chi connectivity index (χ1n) is 13.4. The molecule has 4 aromatic rings. The smallest absolute Gasteiger partial charge is 0.262 e. The number of carbonyl (C=O) groups excluding carboxylic acids is 2. The molecule has 1 aromatic heterocycles. The van der Waals surface area contributed by atoms with E-state index in [-0.39, 0.29) is 11.8 Å². The van der Waals surface area contributed by atoms with Crippen molar-refractivity contribution in [3.05, 3.63) is 93.6 Å². The van der Waals surface area contributed by atoms with Gasteiger partial charge in [-0.2, -0.15) is 0 Å². The second-order valence-corrected chi connectivity index (χ2v) is 11.7. The maximum absolute atomic E-state index is 12.9. The van der Waals surface area contributed by atoms with Crippen LogP contribution in [-0.4, -0.2) is 50.0 Å². The number of thiophene rings is 1. The van der Waals surface area contributed by atoms with Crippen LogP contribution in [0.15, 0.2) is 83.1 Å². The van der Waals surface area contributed by atoms with Gasteiger partial charge in [0.15, 0.2) is 0 Å². The summed E-state index contributed by atoms with van der Waals surface area (Å²) < 4.78 is 9.03. The number of amides is 2. The molecular weight excluding hydrogens is 576 g/mol.